The number of anilines is 1. The Morgan fingerprint density at radius 3 is 2.44 bits per heavy atom. The minimum atomic E-state index is -0.379. The first-order chi connectivity index (χ1) is 8.54. The zero-order valence-electron chi connectivity index (χ0n) is 10.1. The van der Waals surface area contributed by atoms with Crippen molar-refractivity contribution >= 4 is 11.5 Å². The predicted octanol–water partition coefficient (Wildman–Crippen LogP) is 3.14. The average molecular weight is 243 g/mol. The maximum atomic E-state index is 13.2. The highest BCUT2D eigenvalue weighted by Gasteiger charge is 2.09. The van der Waals surface area contributed by atoms with Crippen LogP contribution in [0, 0.1) is 12.7 Å². The molecule has 92 valence electrons. The Morgan fingerprint density at radius 2 is 1.83 bits per heavy atom. The fraction of sp³-hybridized carbons (Fsp3) is 0.133. The fourth-order valence-electron chi connectivity index (χ4n) is 1.82. The lowest BCUT2D eigenvalue weighted by Crippen LogP contribution is -2.04. The van der Waals surface area contributed by atoms with Crippen LogP contribution in [0.4, 0.5) is 10.1 Å². The van der Waals surface area contributed by atoms with Crippen LogP contribution in [0.25, 0.3) is 0 Å². The molecule has 2 aromatic rings. The number of ketones is 1. The molecule has 2 N–H and O–H groups in total. The molecule has 0 aliphatic heterocycles. The molecule has 2 aromatic carbocycles. The summed E-state index contributed by atoms with van der Waals surface area (Å²) in [5.74, 6) is -0.474. The lowest BCUT2D eigenvalue weighted by atomic mass is 10.0. The van der Waals surface area contributed by atoms with Crippen molar-refractivity contribution in [2.45, 2.75) is 13.3 Å². The van der Waals surface area contributed by atoms with Gasteiger partial charge in [-0.3, -0.25) is 4.79 Å². The van der Waals surface area contributed by atoms with Gasteiger partial charge in [-0.2, -0.15) is 0 Å². The Bertz CT molecular complexity index is 555. The van der Waals surface area contributed by atoms with Crippen molar-refractivity contribution in [2.24, 2.45) is 0 Å². The molecule has 0 spiro atoms. The maximum Gasteiger partial charge on any atom is 0.167 e. The van der Waals surface area contributed by atoms with Gasteiger partial charge < -0.3 is 5.73 Å². The Labute approximate surface area is 105 Å². The van der Waals surface area contributed by atoms with Crippen molar-refractivity contribution < 1.29 is 9.18 Å². The highest BCUT2D eigenvalue weighted by molar-refractivity contribution is 5.97. The summed E-state index contributed by atoms with van der Waals surface area (Å²) in [6.07, 6.45) is 0.253. The van der Waals surface area contributed by atoms with Gasteiger partial charge in [0.25, 0.3) is 0 Å². The minimum absolute atomic E-state index is 0.0950. The fourth-order valence-corrected chi connectivity index (χ4v) is 1.82. The second-order valence-electron chi connectivity index (χ2n) is 4.36. The van der Waals surface area contributed by atoms with Crippen LogP contribution in [0.15, 0.2) is 42.5 Å². The summed E-state index contributed by atoms with van der Waals surface area (Å²) >= 11 is 0. The van der Waals surface area contributed by atoms with E-state index in [1.54, 1.807) is 37.3 Å². The molecule has 0 aliphatic carbocycles. The second-order valence-corrected chi connectivity index (χ2v) is 4.36. The Hall–Kier alpha value is -2.16. The van der Waals surface area contributed by atoms with Crippen molar-refractivity contribution in [3.05, 3.63) is 65.0 Å². The van der Waals surface area contributed by atoms with Gasteiger partial charge in [0.15, 0.2) is 5.78 Å². The molecule has 0 radical (unpaired) electrons. The van der Waals surface area contributed by atoms with Gasteiger partial charge in [0.1, 0.15) is 5.82 Å². The van der Waals surface area contributed by atoms with Crippen LogP contribution in [-0.4, -0.2) is 5.78 Å². The van der Waals surface area contributed by atoms with E-state index in [9.17, 15) is 9.18 Å². The number of rotatable bonds is 3. The third kappa shape index (κ3) is 2.94. The number of halogens is 1. The number of Topliss-reactive ketones (excluding diaryl/α,β-unsaturated/α-hetero) is 1. The first-order valence-electron chi connectivity index (χ1n) is 5.69. The number of carbonyl (C=O) groups is 1. The quantitative estimate of drug-likeness (QED) is 0.664. The third-order valence-electron chi connectivity index (χ3n) is 2.71. The van der Waals surface area contributed by atoms with E-state index in [0.29, 0.717) is 11.3 Å². The largest absolute Gasteiger partial charge is 0.399 e. The molecular weight excluding hydrogens is 229 g/mol. The summed E-state index contributed by atoms with van der Waals surface area (Å²) in [5.41, 5.74) is 8.26. The lowest BCUT2D eigenvalue weighted by molar-refractivity contribution is 0.0992. The first-order valence-corrected chi connectivity index (χ1v) is 5.69. The van der Waals surface area contributed by atoms with Gasteiger partial charge in [-0.05, 0) is 48.4 Å². The van der Waals surface area contributed by atoms with Crippen molar-refractivity contribution in [3.63, 3.8) is 0 Å². The van der Waals surface area contributed by atoms with Crippen LogP contribution in [0.5, 0.6) is 0 Å². The van der Waals surface area contributed by atoms with Gasteiger partial charge in [-0.25, -0.2) is 4.39 Å². The van der Waals surface area contributed by atoms with Crippen LogP contribution in [0.2, 0.25) is 0 Å². The first kappa shape index (κ1) is 12.3. The molecule has 0 bridgehead atoms. The number of nitrogen functional groups attached to an aromatic ring is 1. The van der Waals surface area contributed by atoms with Gasteiger partial charge in [-0.1, -0.05) is 12.1 Å². The van der Waals surface area contributed by atoms with Crippen molar-refractivity contribution in [2.75, 3.05) is 5.73 Å². The summed E-state index contributed by atoms with van der Waals surface area (Å²) in [6, 6.07) is 11.5. The van der Waals surface area contributed by atoms with Crippen LogP contribution >= 0.6 is 0 Å². The molecular formula is C15H14FNO. The molecule has 0 amide bonds. The van der Waals surface area contributed by atoms with Gasteiger partial charge in [-0.15, -0.1) is 0 Å². The molecule has 0 aliphatic rings. The molecule has 0 saturated carbocycles. The van der Waals surface area contributed by atoms with E-state index in [2.05, 4.69) is 0 Å². The van der Waals surface area contributed by atoms with Crippen LogP contribution in [0.3, 0.4) is 0 Å². The van der Waals surface area contributed by atoms with E-state index in [4.69, 9.17) is 5.73 Å². The highest BCUT2D eigenvalue weighted by Crippen LogP contribution is 2.13. The van der Waals surface area contributed by atoms with Crippen molar-refractivity contribution in [3.8, 4) is 0 Å². The Morgan fingerprint density at radius 1 is 1.17 bits per heavy atom. The number of benzene rings is 2. The van der Waals surface area contributed by atoms with Gasteiger partial charge in [0, 0.05) is 17.7 Å². The van der Waals surface area contributed by atoms with Gasteiger partial charge >= 0.3 is 0 Å². The molecule has 2 nitrogen and oxygen atoms in total. The SMILES string of the molecule is Cc1cc(F)cc(C(=O)Cc2ccc(N)cc2)c1. The molecule has 18 heavy (non-hydrogen) atoms. The zero-order chi connectivity index (χ0) is 13.1. The van der Waals surface area contributed by atoms with Crippen LogP contribution in [-0.2, 0) is 6.42 Å². The minimum Gasteiger partial charge on any atom is -0.399 e. The summed E-state index contributed by atoms with van der Waals surface area (Å²) in [6.45, 7) is 1.77. The summed E-state index contributed by atoms with van der Waals surface area (Å²) < 4.78 is 13.2. The van der Waals surface area contributed by atoms with E-state index in [1.807, 2.05) is 0 Å². The number of carbonyl (C=O) groups excluding carboxylic acids is 1. The highest BCUT2D eigenvalue weighted by atomic mass is 19.1. The van der Waals surface area contributed by atoms with Crippen LogP contribution in [0.1, 0.15) is 21.5 Å². The standard InChI is InChI=1S/C15H14FNO/c1-10-6-12(9-13(16)7-10)15(18)8-11-2-4-14(17)5-3-11/h2-7,9H,8,17H2,1H3. The Kier molecular flexibility index (Phi) is 3.42. The lowest BCUT2D eigenvalue weighted by Gasteiger charge is -2.04. The predicted molar refractivity (Wildman–Crippen MR) is 70.0 cm³/mol. The molecule has 0 saturated heterocycles. The zero-order valence-corrected chi connectivity index (χ0v) is 10.1. The van der Waals surface area contributed by atoms with Gasteiger partial charge in [0.2, 0.25) is 0 Å². The third-order valence-corrected chi connectivity index (χ3v) is 2.71. The summed E-state index contributed by atoms with van der Waals surface area (Å²) in [5, 5.41) is 0. The number of aryl methyl sites for hydroxylation is 1. The maximum absolute atomic E-state index is 13.2. The van der Waals surface area contributed by atoms with Crippen molar-refractivity contribution in [1.82, 2.24) is 0 Å². The van der Waals surface area contributed by atoms with E-state index >= 15 is 0 Å². The normalized spacial score (nSPS) is 10.3. The number of nitrogens with two attached hydrogens (primary N) is 1. The smallest absolute Gasteiger partial charge is 0.167 e. The molecule has 0 unspecified atom stereocenters. The number of hydrogen-bond acceptors (Lipinski definition) is 2. The molecule has 0 atom stereocenters. The van der Waals surface area contributed by atoms with E-state index in [-0.39, 0.29) is 18.0 Å². The molecule has 0 heterocycles. The topological polar surface area (TPSA) is 43.1 Å². The summed E-state index contributed by atoms with van der Waals surface area (Å²) in [4.78, 5) is 12.0. The second kappa shape index (κ2) is 5.00. The number of hydrogen-bond donors (Lipinski definition) is 1. The van der Waals surface area contributed by atoms with E-state index in [0.717, 1.165) is 11.1 Å². The monoisotopic (exact) mass is 243 g/mol. The molecule has 3 heteroatoms. The van der Waals surface area contributed by atoms with Crippen molar-refractivity contribution in [1.29, 1.82) is 0 Å². The molecule has 0 fully saturated rings. The summed E-state index contributed by atoms with van der Waals surface area (Å²) in [7, 11) is 0. The molecule has 0 aromatic heterocycles. The van der Waals surface area contributed by atoms with Crippen LogP contribution < -0.4 is 5.73 Å². The van der Waals surface area contributed by atoms with Gasteiger partial charge in [0.05, 0.1) is 0 Å². The van der Waals surface area contributed by atoms with E-state index in [1.165, 1.54) is 12.1 Å². The average Bonchev–Trinajstić information content (AvgIpc) is 2.31. The molecule has 2 rings (SSSR count). The Balaban J connectivity index is 2.19. The van der Waals surface area contributed by atoms with E-state index < -0.39 is 0 Å².